The second-order valence-electron chi connectivity index (χ2n) is 4.29. The highest BCUT2D eigenvalue weighted by molar-refractivity contribution is 5.26. The molecule has 2 heteroatoms. The second kappa shape index (κ2) is 3.77. The van der Waals surface area contributed by atoms with E-state index in [0.29, 0.717) is 0 Å². The predicted octanol–water partition coefficient (Wildman–Crippen LogP) is 2.38. The molecule has 1 N–H and O–H groups in total. The third-order valence-electron chi connectivity index (χ3n) is 3.33. The van der Waals surface area contributed by atoms with E-state index in [1.165, 1.54) is 0 Å². The molecule has 0 saturated carbocycles. The second-order valence-corrected chi connectivity index (χ2v) is 4.29. The first-order valence-corrected chi connectivity index (χ1v) is 5.50. The number of hydrogen-bond donors (Lipinski definition) is 1. The van der Waals surface area contributed by atoms with Gasteiger partial charge < -0.3 is 10.1 Å². The fourth-order valence-corrected chi connectivity index (χ4v) is 2.36. The van der Waals surface area contributed by atoms with E-state index >= 15 is 0 Å². The summed E-state index contributed by atoms with van der Waals surface area (Å²) in [7, 11) is 0. The van der Waals surface area contributed by atoms with Gasteiger partial charge in [-0.25, -0.2) is 0 Å². The molecule has 2 aliphatic rings. The maximum absolute atomic E-state index is 6.10. The highest BCUT2D eigenvalue weighted by Crippen LogP contribution is 2.39. The average molecular weight is 193 g/mol. The van der Waals surface area contributed by atoms with Gasteiger partial charge >= 0.3 is 0 Å². The molecule has 78 valence electrons. The summed E-state index contributed by atoms with van der Waals surface area (Å²) < 4.78 is 6.10. The van der Waals surface area contributed by atoms with Crippen LogP contribution in [0.5, 0.6) is 0 Å². The minimum atomic E-state index is 0.119. The van der Waals surface area contributed by atoms with E-state index in [4.69, 9.17) is 4.74 Å². The van der Waals surface area contributed by atoms with Crippen molar-refractivity contribution in [2.24, 2.45) is 0 Å². The Bertz CT molecular complexity index is 261. The molecule has 0 atom stereocenters. The summed E-state index contributed by atoms with van der Waals surface area (Å²) in [6.45, 7) is 8.24. The first kappa shape index (κ1) is 9.78. The molecule has 0 amide bonds. The molecular weight excluding hydrogens is 174 g/mol. The van der Waals surface area contributed by atoms with Crippen molar-refractivity contribution in [1.82, 2.24) is 5.32 Å². The fourth-order valence-electron chi connectivity index (χ4n) is 2.36. The number of piperidine rings is 1. The molecule has 2 saturated heterocycles. The highest BCUT2D eigenvalue weighted by atomic mass is 16.5. The Morgan fingerprint density at radius 1 is 1.36 bits per heavy atom. The Kier molecular flexibility index (Phi) is 2.64. The summed E-state index contributed by atoms with van der Waals surface area (Å²) in [5.74, 6) is 1.03. The lowest BCUT2D eigenvalue weighted by molar-refractivity contribution is -0.0399. The van der Waals surface area contributed by atoms with E-state index in [1.807, 2.05) is 13.0 Å². The van der Waals surface area contributed by atoms with Gasteiger partial charge in [0.05, 0.1) is 0 Å². The Hall–Kier alpha value is -0.760. The smallest absolute Gasteiger partial charge is 0.118 e. The molecule has 0 aromatic carbocycles. The van der Waals surface area contributed by atoms with E-state index in [-0.39, 0.29) is 5.60 Å². The van der Waals surface area contributed by atoms with Crippen molar-refractivity contribution in [2.75, 3.05) is 13.1 Å². The molecule has 0 bridgehead atoms. The summed E-state index contributed by atoms with van der Waals surface area (Å²) in [5, 5.41) is 3.38. The lowest BCUT2D eigenvalue weighted by atomic mass is 9.83. The van der Waals surface area contributed by atoms with E-state index in [2.05, 4.69) is 11.9 Å². The lowest BCUT2D eigenvalue weighted by Gasteiger charge is -2.42. The van der Waals surface area contributed by atoms with Crippen LogP contribution in [0.25, 0.3) is 0 Å². The number of rotatable bonds is 0. The zero-order valence-corrected chi connectivity index (χ0v) is 8.94. The summed E-state index contributed by atoms with van der Waals surface area (Å²) in [5.41, 5.74) is 1.28. The zero-order chi connectivity index (χ0) is 10.0. The summed E-state index contributed by atoms with van der Waals surface area (Å²) in [6.07, 6.45) is 6.56. The third kappa shape index (κ3) is 1.71. The number of hydrogen-bond acceptors (Lipinski definition) is 2. The zero-order valence-electron chi connectivity index (χ0n) is 8.94. The molecule has 2 fully saturated rings. The number of nitrogens with one attached hydrogen (secondary N) is 1. The first-order valence-electron chi connectivity index (χ1n) is 5.50. The van der Waals surface area contributed by atoms with E-state index in [1.54, 1.807) is 0 Å². The Labute approximate surface area is 86.0 Å². The quantitative estimate of drug-likeness (QED) is 0.637. The molecule has 0 aromatic rings. The van der Waals surface area contributed by atoms with Crippen molar-refractivity contribution in [2.45, 2.75) is 38.2 Å². The van der Waals surface area contributed by atoms with Crippen LogP contribution < -0.4 is 5.32 Å². The summed E-state index contributed by atoms with van der Waals surface area (Å²) >= 11 is 0. The van der Waals surface area contributed by atoms with Crippen LogP contribution >= 0.6 is 0 Å². The molecule has 2 aliphatic heterocycles. The van der Waals surface area contributed by atoms with Crippen molar-refractivity contribution < 1.29 is 4.74 Å². The van der Waals surface area contributed by atoms with E-state index in [0.717, 1.165) is 50.1 Å². The van der Waals surface area contributed by atoms with Gasteiger partial charge in [0.1, 0.15) is 11.4 Å². The first-order chi connectivity index (χ1) is 6.76. The molecule has 0 aromatic heterocycles. The SMILES string of the molecule is C=C1CCC2(CCNCC2)O/C1=C/C. The molecule has 1 spiro atoms. The minimum Gasteiger partial charge on any atom is -0.487 e. The standard InChI is InChI=1S/C12H19NO/c1-3-11-10(2)4-5-12(14-11)6-8-13-9-7-12/h3,13H,2,4-9H2,1H3/b11-3+. The largest absolute Gasteiger partial charge is 0.487 e. The molecule has 2 rings (SSSR count). The van der Waals surface area contributed by atoms with E-state index < -0.39 is 0 Å². The van der Waals surface area contributed by atoms with Gasteiger partial charge in [-0.3, -0.25) is 0 Å². The van der Waals surface area contributed by atoms with Crippen LogP contribution in [0.3, 0.4) is 0 Å². The lowest BCUT2D eigenvalue weighted by Crippen LogP contribution is -2.45. The molecular formula is C12H19NO. The van der Waals surface area contributed by atoms with Crippen LogP contribution in [0.1, 0.15) is 32.6 Å². The van der Waals surface area contributed by atoms with Crippen LogP contribution in [0.4, 0.5) is 0 Å². The van der Waals surface area contributed by atoms with Crippen molar-refractivity contribution >= 4 is 0 Å². The Morgan fingerprint density at radius 3 is 2.71 bits per heavy atom. The van der Waals surface area contributed by atoms with Gasteiger partial charge in [0.25, 0.3) is 0 Å². The van der Waals surface area contributed by atoms with Gasteiger partial charge in [-0.1, -0.05) is 6.58 Å². The molecule has 2 heterocycles. The van der Waals surface area contributed by atoms with Gasteiger partial charge in [-0.2, -0.15) is 0 Å². The Balaban J connectivity index is 2.11. The van der Waals surface area contributed by atoms with E-state index in [9.17, 15) is 0 Å². The van der Waals surface area contributed by atoms with Crippen LogP contribution in [0, 0.1) is 0 Å². The van der Waals surface area contributed by atoms with Gasteiger partial charge in [0, 0.05) is 0 Å². The average Bonchev–Trinajstić information content (AvgIpc) is 2.23. The normalized spacial score (nSPS) is 29.2. The van der Waals surface area contributed by atoms with Crippen molar-refractivity contribution in [3.05, 3.63) is 24.0 Å². The van der Waals surface area contributed by atoms with Gasteiger partial charge in [0.15, 0.2) is 0 Å². The highest BCUT2D eigenvalue weighted by Gasteiger charge is 2.37. The maximum atomic E-state index is 6.10. The van der Waals surface area contributed by atoms with Crippen molar-refractivity contribution in [1.29, 1.82) is 0 Å². The van der Waals surface area contributed by atoms with Crippen LogP contribution in [0.2, 0.25) is 0 Å². The summed E-state index contributed by atoms with van der Waals surface area (Å²) in [4.78, 5) is 0. The van der Waals surface area contributed by atoms with Gasteiger partial charge in [-0.15, -0.1) is 0 Å². The summed E-state index contributed by atoms with van der Waals surface area (Å²) in [6, 6.07) is 0. The fraction of sp³-hybridized carbons (Fsp3) is 0.667. The molecule has 0 aliphatic carbocycles. The topological polar surface area (TPSA) is 21.3 Å². The Morgan fingerprint density at radius 2 is 2.07 bits per heavy atom. The molecule has 0 radical (unpaired) electrons. The van der Waals surface area contributed by atoms with Crippen molar-refractivity contribution in [3.8, 4) is 0 Å². The predicted molar refractivity (Wildman–Crippen MR) is 58.1 cm³/mol. The molecule has 2 nitrogen and oxygen atoms in total. The maximum Gasteiger partial charge on any atom is 0.118 e. The van der Waals surface area contributed by atoms with Crippen LogP contribution in [-0.4, -0.2) is 18.7 Å². The number of ether oxygens (including phenoxy) is 1. The van der Waals surface area contributed by atoms with Crippen molar-refractivity contribution in [3.63, 3.8) is 0 Å². The van der Waals surface area contributed by atoms with Crippen LogP contribution in [-0.2, 0) is 4.74 Å². The molecule has 14 heavy (non-hydrogen) atoms. The monoisotopic (exact) mass is 193 g/mol. The van der Waals surface area contributed by atoms with Gasteiger partial charge in [0.2, 0.25) is 0 Å². The minimum absolute atomic E-state index is 0.119. The number of allylic oxidation sites excluding steroid dienone is 2. The van der Waals surface area contributed by atoms with Crippen LogP contribution in [0.15, 0.2) is 24.0 Å². The third-order valence-corrected chi connectivity index (χ3v) is 3.33. The molecule has 0 unspecified atom stereocenters. The van der Waals surface area contributed by atoms with Gasteiger partial charge in [-0.05, 0) is 57.3 Å².